The third-order valence-electron chi connectivity index (χ3n) is 4.89. The minimum absolute atomic E-state index is 0.0924. The molecule has 8 heteroatoms. The van der Waals surface area contributed by atoms with Gasteiger partial charge in [0.2, 0.25) is 0 Å². The van der Waals surface area contributed by atoms with Crippen molar-refractivity contribution in [2.45, 2.75) is 6.54 Å². The first kappa shape index (κ1) is 18.9. The lowest BCUT2D eigenvalue weighted by Crippen LogP contribution is -2.37. The van der Waals surface area contributed by atoms with E-state index in [9.17, 15) is 14.4 Å². The Morgan fingerprint density at radius 3 is 2.14 bits per heavy atom. The third kappa shape index (κ3) is 3.30. The number of fused-ring (bicyclic) bond motifs is 1. The Bertz CT molecular complexity index is 1350. The molecule has 4 aromatic rings. The van der Waals surface area contributed by atoms with E-state index in [0.29, 0.717) is 33.9 Å². The second-order valence-corrected chi connectivity index (χ2v) is 7.22. The summed E-state index contributed by atoms with van der Waals surface area (Å²) in [6.07, 6.45) is 1.54. The molecule has 0 aliphatic carbocycles. The quantitative estimate of drug-likeness (QED) is 0.486. The molecule has 0 fully saturated rings. The zero-order valence-corrected chi connectivity index (χ0v) is 16.6. The zero-order valence-electron chi connectivity index (χ0n) is 15.8. The van der Waals surface area contributed by atoms with Crippen LogP contribution in [0.3, 0.4) is 0 Å². The highest BCUT2D eigenvalue weighted by Gasteiger charge is 2.15. The summed E-state index contributed by atoms with van der Waals surface area (Å²) in [5.74, 6) is -0.0924. The highest BCUT2D eigenvalue weighted by Crippen LogP contribution is 2.16. The SMILES string of the molecule is Cn1c(=O)c2c(ncn2Cc2ccc(C(=O)c3ccc(Cl)cc3)cc2)n(C)c1=O. The molecule has 2 aromatic heterocycles. The van der Waals surface area contributed by atoms with Crippen LogP contribution in [0.15, 0.2) is 64.4 Å². The normalized spacial score (nSPS) is 11.1. The van der Waals surface area contributed by atoms with E-state index < -0.39 is 11.2 Å². The van der Waals surface area contributed by atoms with Crippen LogP contribution in [0.1, 0.15) is 21.5 Å². The maximum Gasteiger partial charge on any atom is 0.332 e. The first-order valence-corrected chi connectivity index (χ1v) is 9.24. The zero-order chi connectivity index (χ0) is 20.7. The topological polar surface area (TPSA) is 78.9 Å². The van der Waals surface area contributed by atoms with Gasteiger partial charge in [0.25, 0.3) is 5.56 Å². The van der Waals surface area contributed by atoms with Gasteiger partial charge in [-0.1, -0.05) is 35.9 Å². The number of halogens is 1. The maximum atomic E-state index is 12.6. The summed E-state index contributed by atoms with van der Waals surface area (Å²) in [5, 5.41) is 0.577. The molecule has 0 saturated heterocycles. The lowest BCUT2D eigenvalue weighted by atomic mass is 10.0. The van der Waals surface area contributed by atoms with Crippen molar-refractivity contribution in [3.63, 3.8) is 0 Å². The van der Waals surface area contributed by atoms with Gasteiger partial charge in [-0.25, -0.2) is 9.78 Å². The van der Waals surface area contributed by atoms with Crippen molar-refractivity contribution in [3.8, 4) is 0 Å². The number of hydrogen-bond donors (Lipinski definition) is 0. The molecule has 0 radical (unpaired) electrons. The second-order valence-electron chi connectivity index (χ2n) is 6.78. The molecular weight excluding hydrogens is 392 g/mol. The fraction of sp³-hybridized carbons (Fsp3) is 0.143. The number of ketones is 1. The van der Waals surface area contributed by atoms with E-state index in [1.54, 1.807) is 48.0 Å². The molecule has 0 amide bonds. The summed E-state index contributed by atoms with van der Waals surface area (Å²) in [4.78, 5) is 41.4. The van der Waals surface area contributed by atoms with Gasteiger partial charge in [-0.2, -0.15) is 0 Å². The number of aryl methyl sites for hydroxylation is 1. The molecule has 7 nitrogen and oxygen atoms in total. The first-order chi connectivity index (χ1) is 13.9. The number of benzene rings is 2. The van der Waals surface area contributed by atoms with Gasteiger partial charge in [-0.3, -0.25) is 18.7 Å². The lowest BCUT2D eigenvalue weighted by molar-refractivity contribution is 0.103. The molecule has 29 heavy (non-hydrogen) atoms. The van der Waals surface area contributed by atoms with Gasteiger partial charge in [0.15, 0.2) is 16.9 Å². The van der Waals surface area contributed by atoms with Crippen LogP contribution in [-0.2, 0) is 20.6 Å². The van der Waals surface area contributed by atoms with Crippen LogP contribution in [0, 0.1) is 0 Å². The molecule has 146 valence electrons. The molecule has 0 N–H and O–H groups in total. The van der Waals surface area contributed by atoms with Crippen molar-refractivity contribution >= 4 is 28.5 Å². The summed E-state index contributed by atoms with van der Waals surface area (Å²) in [6.45, 7) is 0.388. The highest BCUT2D eigenvalue weighted by atomic mass is 35.5. The molecule has 0 aliphatic rings. The molecule has 2 aromatic carbocycles. The Hall–Kier alpha value is -3.45. The molecule has 0 atom stereocenters. The van der Waals surface area contributed by atoms with E-state index >= 15 is 0 Å². The maximum absolute atomic E-state index is 12.6. The van der Waals surface area contributed by atoms with Crippen molar-refractivity contribution < 1.29 is 4.79 Å². The van der Waals surface area contributed by atoms with Gasteiger partial charge in [-0.15, -0.1) is 0 Å². The monoisotopic (exact) mass is 408 g/mol. The average molecular weight is 409 g/mol. The summed E-state index contributed by atoms with van der Waals surface area (Å²) in [7, 11) is 3.03. The van der Waals surface area contributed by atoms with E-state index in [1.807, 2.05) is 12.1 Å². The second kappa shape index (κ2) is 7.18. The van der Waals surface area contributed by atoms with Crippen molar-refractivity contribution in [1.29, 1.82) is 0 Å². The van der Waals surface area contributed by atoms with Gasteiger partial charge >= 0.3 is 5.69 Å². The number of nitrogens with zero attached hydrogens (tertiary/aromatic N) is 4. The van der Waals surface area contributed by atoms with E-state index in [1.165, 1.54) is 17.9 Å². The predicted octanol–water partition coefficient (Wildman–Crippen LogP) is 2.37. The van der Waals surface area contributed by atoms with E-state index in [0.717, 1.165) is 10.1 Å². The standard InChI is InChI=1S/C21H17ClN4O3/c1-24-19-17(20(28)25(2)21(24)29)26(12-23-19)11-13-3-5-14(6-4-13)18(27)15-7-9-16(22)10-8-15/h3-10,12H,11H2,1-2H3. The molecule has 0 aliphatic heterocycles. The number of rotatable bonds is 4. The largest absolute Gasteiger partial charge is 0.332 e. The van der Waals surface area contributed by atoms with E-state index in [4.69, 9.17) is 11.6 Å². The number of carbonyl (C=O) groups excluding carboxylic acids is 1. The fourth-order valence-electron chi connectivity index (χ4n) is 3.24. The molecule has 0 bridgehead atoms. The van der Waals surface area contributed by atoms with Crippen molar-refractivity contribution in [2.24, 2.45) is 14.1 Å². The Kier molecular flexibility index (Phi) is 4.68. The summed E-state index contributed by atoms with van der Waals surface area (Å²) in [5.41, 5.74) is 1.90. The molecule has 4 rings (SSSR count). The van der Waals surface area contributed by atoms with Gasteiger partial charge < -0.3 is 4.57 Å². The van der Waals surface area contributed by atoms with Crippen LogP contribution in [-0.4, -0.2) is 24.5 Å². The molecule has 2 heterocycles. The van der Waals surface area contributed by atoms with Crippen LogP contribution in [0.5, 0.6) is 0 Å². The molecule has 0 spiro atoms. The lowest BCUT2D eigenvalue weighted by Gasteiger charge is -2.08. The molecule has 0 saturated carbocycles. The van der Waals surface area contributed by atoms with Crippen LogP contribution in [0.2, 0.25) is 5.02 Å². The Balaban J connectivity index is 1.65. The van der Waals surface area contributed by atoms with Crippen molar-refractivity contribution in [2.75, 3.05) is 0 Å². The smallest absolute Gasteiger partial charge is 0.320 e. The average Bonchev–Trinajstić information content (AvgIpc) is 3.15. The number of hydrogen-bond acceptors (Lipinski definition) is 4. The summed E-state index contributed by atoms with van der Waals surface area (Å²) >= 11 is 5.87. The Morgan fingerprint density at radius 2 is 1.52 bits per heavy atom. The van der Waals surface area contributed by atoms with Gasteiger partial charge in [0, 0.05) is 36.8 Å². The minimum atomic E-state index is -0.419. The number of aromatic nitrogens is 4. The molecule has 0 unspecified atom stereocenters. The van der Waals surface area contributed by atoms with Crippen LogP contribution in [0.25, 0.3) is 11.2 Å². The van der Waals surface area contributed by atoms with E-state index in [-0.39, 0.29) is 5.78 Å². The van der Waals surface area contributed by atoms with Gasteiger partial charge in [0.05, 0.1) is 6.33 Å². The van der Waals surface area contributed by atoms with E-state index in [2.05, 4.69) is 4.98 Å². The minimum Gasteiger partial charge on any atom is -0.320 e. The number of imidazole rings is 1. The Labute approximate surface area is 170 Å². The fourth-order valence-corrected chi connectivity index (χ4v) is 3.37. The Morgan fingerprint density at radius 1 is 0.931 bits per heavy atom. The van der Waals surface area contributed by atoms with Gasteiger partial charge in [0.1, 0.15) is 0 Å². The first-order valence-electron chi connectivity index (χ1n) is 8.87. The molecular formula is C21H17ClN4O3. The summed E-state index contributed by atoms with van der Waals surface area (Å²) < 4.78 is 4.11. The van der Waals surface area contributed by atoms with Gasteiger partial charge in [-0.05, 0) is 29.8 Å². The van der Waals surface area contributed by atoms with Crippen molar-refractivity contribution in [3.05, 3.63) is 97.4 Å². The predicted molar refractivity (Wildman–Crippen MR) is 111 cm³/mol. The third-order valence-corrected chi connectivity index (χ3v) is 5.14. The van der Waals surface area contributed by atoms with Crippen LogP contribution in [0.4, 0.5) is 0 Å². The highest BCUT2D eigenvalue weighted by molar-refractivity contribution is 6.30. The van der Waals surface area contributed by atoms with Crippen molar-refractivity contribution in [1.82, 2.24) is 18.7 Å². The number of carbonyl (C=O) groups is 1. The summed E-state index contributed by atoms with van der Waals surface area (Å²) in [6, 6.07) is 13.9. The van der Waals surface area contributed by atoms with Crippen LogP contribution < -0.4 is 11.2 Å². The van der Waals surface area contributed by atoms with Crippen LogP contribution >= 0.6 is 11.6 Å².